The van der Waals surface area contributed by atoms with Crippen LogP contribution in [0.15, 0.2) is 11.8 Å². The summed E-state index contributed by atoms with van der Waals surface area (Å²) in [7, 11) is 0. The van der Waals surface area contributed by atoms with Crippen molar-refractivity contribution >= 4 is 0 Å². The SMILES string of the molecule is CC(C)(C)C1CCC(O)(C2=CCCO2)CC1. The Morgan fingerprint density at radius 2 is 1.94 bits per heavy atom. The first-order valence-electron chi connectivity index (χ1n) is 6.48. The van der Waals surface area contributed by atoms with Gasteiger partial charge in [-0.25, -0.2) is 0 Å². The molecule has 2 aliphatic rings. The molecule has 1 aliphatic heterocycles. The molecule has 2 rings (SSSR count). The van der Waals surface area contributed by atoms with Crippen LogP contribution in [0.2, 0.25) is 0 Å². The van der Waals surface area contributed by atoms with E-state index >= 15 is 0 Å². The lowest BCUT2D eigenvalue weighted by Gasteiger charge is -2.41. The summed E-state index contributed by atoms with van der Waals surface area (Å²) in [4.78, 5) is 0. The predicted molar refractivity (Wildman–Crippen MR) is 65.0 cm³/mol. The van der Waals surface area contributed by atoms with Gasteiger partial charge >= 0.3 is 0 Å². The Kier molecular flexibility index (Phi) is 3.04. The first-order chi connectivity index (χ1) is 7.42. The number of aliphatic hydroxyl groups is 1. The number of hydrogen-bond acceptors (Lipinski definition) is 2. The van der Waals surface area contributed by atoms with E-state index in [2.05, 4.69) is 26.8 Å². The molecular formula is C14H24O2. The van der Waals surface area contributed by atoms with Crippen LogP contribution in [0.25, 0.3) is 0 Å². The maximum Gasteiger partial charge on any atom is 0.124 e. The summed E-state index contributed by atoms with van der Waals surface area (Å²) in [5.74, 6) is 1.58. The topological polar surface area (TPSA) is 29.5 Å². The summed E-state index contributed by atoms with van der Waals surface area (Å²) in [6, 6.07) is 0. The largest absolute Gasteiger partial charge is 0.495 e. The van der Waals surface area contributed by atoms with Crippen LogP contribution in [0.1, 0.15) is 52.9 Å². The van der Waals surface area contributed by atoms with Crippen molar-refractivity contribution in [3.05, 3.63) is 11.8 Å². The summed E-state index contributed by atoms with van der Waals surface area (Å²) >= 11 is 0. The number of ether oxygens (including phenoxy) is 1. The Labute approximate surface area is 98.7 Å². The van der Waals surface area contributed by atoms with Crippen molar-refractivity contribution in [2.45, 2.75) is 58.5 Å². The average Bonchev–Trinajstić information content (AvgIpc) is 2.70. The Bertz CT molecular complexity index is 278. The molecule has 0 amide bonds. The third kappa shape index (κ3) is 2.27. The van der Waals surface area contributed by atoms with Gasteiger partial charge in [0.2, 0.25) is 0 Å². The smallest absolute Gasteiger partial charge is 0.124 e. The van der Waals surface area contributed by atoms with Gasteiger partial charge in [-0.05, 0) is 43.1 Å². The van der Waals surface area contributed by atoms with Crippen molar-refractivity contribution < 1.29 is 9.84 Å². The fourth-order valence-corrected chi connectivity index (χ4v) is 2.95. The highest BCUT2D eigenvalue weighted by atomic mass is 16.5. The number of rotatable bonds is 1. The molecular weight excluding hydrogens is 200 g/mol. The highest BCUT2D eigenvalue weighted by molar-refractivity contribution is 5.14. The molecule has 1 fully saturated rings. The van der Waals surface area contributed by atoms with Crippen molar-refractivity contribution in [3.8, 4) is 0 Å². The molecule has 0 aromatic rings. The molecule has 1 saturated carbocycles. The second-order valence-electron chi connectivity index (χ2n) is 6.38. The Morgan fingerprint density at radius 3 is 2.38 bits per heavy atom. The molecule has 16 heavy (non-hydrogen) atoms. The van der Waals surface area contributed by atoms with Gasteiger partial charge in [-0.2, -0.15) is 0 Å². The van der Waals surface area contributed by atoms with Crippen LogP contribution in [0.5, 0.6) is 0 Å². The van der Waals surface area contributed by atoms with Crippen molar-refractivity contribution in [1.29, 1.82) is 0 Å². The molecule has 2 heteroatoms. The van der Waals surface area contributed by atoms with Gasteiger partial charge in [-0.15, -0.1) is 0 Å². The van der Waals surface area contributed by atoms with Gasteiger partial charge in [-0.3, -0.25) is 0 Å². The van der Waals surface area contributed by atoms with E-state index in [0.717, 1.165) is 50.4 Å². The van der Waals surface area contributed by atoms with Gasteiger partial charge in [-0.1, -0.05) is 20.8 Å². The molecule has 1 N–H and O–H groups in total. The zero-order valence-electron chi connectivity index (χ0n) is 10.8. The minimum atomic E-state index is -0.655. The molecule has 0 aromatic carbocycles. The van der Waals surface area contributed by atoms with E-state index in [4.69, 9.17) is 4.74 Å². The Balaban J connectivity index is 1.98. The summed E-state index contributed by atoms with van der Waals surface area (Å²) < 4.78 is 5.53. The third-order valence-electron chi connectivity index (χ3n) is 4.20. The van der Waals surface area contributed by atoms with E-state index in [0.29, 0.717) is 5.41 Å². The molecule has 0 aromatic heterocycles. The van der Waals surface area contributed by atoms with Crippen molar-refractivity contribution in [2.24, 2.45) is 11.3 Å². The summed E-state index contributed by atoms with van der Waals surface area (Å²) in [6.45, 7) is 7.65. The fourth-order valence-electron chi connectivity index (χ4n) is 2.95. The van der Waals surface area contributed by atoms with Crippen LogP contribution in [-0.4, -0.2) is 17.3 Å². The van der Waals surface area contributed by atoms with E-state index in [1.807, 2.05) is 0 Å². The van der Waals surface area contributed by atoms with E-state index < -0.39 is 5.60 Å². The lowest BCUT2D eigenvalue weighted by atomic mass is 9.68. The molecule has 0 radical (unpaired) electrons. The quantitative estimate of drug-likeness (QED) is 0.741. The molecule has 0 atom stereocenters. The summed E-state index contributed by atoms with van der Waals surface area (Å²) in [5, 5.41) is 10.6. The van der Waals surface area contributed by atoms with Gasteiger partial charge in [0.05, 0.1) is 6.61 Å². The molecule has 2 nitrogen and oxygen atoms in total. The van der Waals surface area contributed by atoms with Gasteiger partial charge in [0, 0.05) is 6.42 Å². The molecule has 92 valence electrons. The molecule has 0 saturated heterocycles. The monoisotopic (exact) mass is 224 g/mol. The Morgan fingerprint density at radius 1 is 1.31 bits per heavy atom. The predicted octanol–water partition coefficient (Wildman–Crippen LogP) is 3.26. The second kappa shape index (κ2) is 4.06. The highest BCUT2D eigenvalue weighted by Gasteiger charge is 2.41. The average molecular weight is 224 g/mol. The fraction of sp³-hybridized carbons (Fsp3) is 0.857. The van der Waals surface area contributed by atoms with Gasteiger partial charge < -0.3 is 9.84 Å². The zero-order valence-corrected chi connectivity index (χ0v) is 10.8. The van der Waals surface area contributed by atoms with Crippen LogP contribution in [0, 0.1) is 11.3 Å². The maximum atomic E-state index is 10.6. The standard InChI is InChI=1S/C14H24O2/c1-13(2,3)11-6-8-14(15,9-7-11)12-5-4-10-16-12/h5,11,15H,4,6-10H2,1-3H3. The molecule has 1 aliphatic carbocycles. The van der Waals surface area contributed by atoms with E-state index in [1.54, 1.807) is 0 Å². The molecule has 0 spiro atoms. The molecule has 0 unspecified atom stereocenters. The Hall–Kier alpha value is -0.500. The first-order valence-corrected chi connectivity index (χ1v) is 6.48. The summed E-state index contributed by atoms with van der Waals surface area (Å²) in [5.41, 5.74) is -0.287. The van der Waals surface area contributed by atoms with Gasteiger partial charge in [0.1, 0.15) is 11.4 Å². The zero-order chi connectivity index (χ0) is 11.8. The highest BCUT2D eigenvalue weighted by Crippen LogP contribution is 2.44. The van der Waals surface area contributed by atoms with Gasteiger partial charge in [0.15, 0.2) is 0 Å². The van der Waals surface area contributed by atoms with Crippen LogP contribution >= 0.6 is 0 Å². The second-order valence-corrected chi connectivity index (χ2v) is 6.38. The first kappa shape index (κ1) is 12.0. The van der Waals surface area contributed by atoms with E-state index in [1.165, 1.54) is 0 Å². The van der Waals surface area contributed by atoms with Crippen molar-refractivity contribution in [1.82, 2.24) is 0 Å². The maximum absolute atomic E-state index is 10.6. The van der Waals surface area contributed by atoms with Crippen LogP contribution in [0.3, 0.4) is 0 Å². The minimum absolute atomic E-state index is 0.367. The van der Waals surface area contributed by atoms with Crippen LogP contribution < -0.4 is 0 Å². The molecule has 1 heterocycles. The van der Waals surface area contributed by atoms with Crippen molar-refractivity contribution in [3.63, 3.8) is 0 Å². The van der Waals surface area contributed by atoms with Crippen molar-refractivity contribution in [2.75, 3.05) is 6.61 Å². The summed E-state index contributed by atoms with van der Waals surface area (Å²) in [6.07, 6.45) is 6.97. The third-order valence-corrected chi connectivity index (χ3v) is 4.20. The normalized spacial score (nSPS) is 35.8. The van der Waals surface area contributed by atoms with Crippen LogP contribution in [0.4, 0.5) is 0 Å². The lowest BCUT2D eigenvalue weighted by molar-refractivity contribution is -0.0332. The molecule has 0 bridgehead atoms. The van der Waals surface area contributed by atoms with E-state index in [9.17, 15) is 5.11 Å². The van der Waals surface area contributed by atoms with E-state index in [-0.39, 0.29) is 0 Å². The number of hydrogen-bond donors (Lipinski definition) is 1. The lowest BCUT2D eigenvalue weighted by Crippen LogP contribution is -2.39. The van der Waals surface area contributed by atoms with Gasteiger partial charge in [0.25, 0.3) is 0 Å². The minimum Gasteiger partial charge on any atom is -0.495 e. The van der Waals surface area contributed by atoms with Crippen LogP contribution in [-0.2, 0) is 4.74 Å².